The number of hydrogen-bond donors (Lipinski definition) is 0. The normalized spacial score (nSPS) is 18.2. The molecule has 7 nitrogen and oxygen atoms in total. The summed E-state index contributed by atoms with van der Waals surface area (Å²) in [6.45, 7) is 12.1. The molecular weight excluding hydrogens is 340 g/mol. The fraction of sp³-hybridized carbons (Fsp3) is 0.706. The first-order valence-corrected chi connectivity index (χ1v) is 9.76. The molecule has 1 aliphatic heterocycles. The molecule has 0 N–H and O–H groups in total. The molecule has 0 saturated carbocycles. The number of carbonyl (C=O) groups is 1. The lowest BCUT2D eigenvalue weighted by Crippen LogP contribution is -2.55. The Kier molecular flexibility index (Phi) is 6.37. The molecule has 1 aromatic heterocycles. The quantitative estimate of drug-likeness (QED) is 0.598. The highest BCUT2D eigenvalue weighted by atomic mass is 32.2. The minimum absolute atomic E-state index is 0.0341. The molecule has 0 radical (unpaired) electrons. The lowest BCUT2D eigenvalue weighted by molar-refractivity contribution is 0.0158. The van der Waals surface area contributed by atoms with E-state index in [1.54, 1.807) is 4.90 Å². The van der Waals surface area contributed by atoms with Crippen molar-refractivity contribution in [3.63, 3.8) is 0 Å². The molecule has 8 heteroatoms. The van der Waals surface area contributed by atoms with Crippen molar-refractivity contribution >= 4 is 23.7 Å². The minimum atomic E-state index is -0.486. The molecule has 140 valence electrons. The number of carbonyl (C=O) groups excluding carboxylic acids is 1. The number of nitrogens with zero attached hydrogens (tertiary/aromatic N) is 4. The van der Waals surface area contributed by atoms with Crippen LogP contribution in [0, 0.1) is 0 Å². The van der Waals surface area contributed by atoms with Crippen LogP contribution in [0.15, 0.2) is 11.2 Å². The van der Waals surface area contributed by atoms with Gasteiger partial charge in [0.2, 0.25) is 5.88 Å². The summed E-state index contributed by atoms with van der Waals surface area (Å²) in [5.74, 6) is 1.41. The third-order valence-electron chi connectivity index (χ3n) is 3.72. The number of piperazine rings is 1. The molecule has 1 aliphatic rings. The predicted molar refractivity (Wildman–Crippen MR) is 99.6 cm³/mol. The number of hydrogen-bond acceptors (Lipinski definition) is 7. The topological polar surface area (TPSA) is 67.8 Å². The molecule has 1 amide bonds. The second kappa shape index (κ2) is 8.12. The van der Waals surface area contributed by atoms with Crippen molar-refractivity contribution in [3.05, 3.63) is 6.07 Å². The van der Waals surface area contributed by atoms with E-state index in [1.807, 2.05) is 46.9 Å². The molecule has 0 aliphatic carbocycles. The van der Waals surface area contributed by atoms with Crippen LogP contribution in [0.1, 0.15) is 34.6 Å². The van der Waals surface area contributed by atoms with Gasteiger partial charge in [-0.25, -0.2) is 9.78 Å². The Morgan fingerprint density at radius 3 is 2.64 bits per heavy atom. The molecule has 0 aromatic carbocycles. The van der Waals surface area contributed by atoms with Crippen molar-refractivity contribution in [2.75, 3.05) is 37.4 Å². The second-order valence-corrected chi connectivity index (χ2v) is 7.73. The molecule has 1 fully saturated rings. The van der Waals surface area contributed by atoms with Crippen molar-refractivity contribution < 1.29 is 14.3 Å². The summed E-state index contributed by atoms with van der Waals surface area (Å²) in [7, 11) is 0. The van der Waals surface area contributed by atoms with Gasteiger partial charge in [0.25, 0.3) is 0 Å². The van der Waals surface area contributed by atoms with E-state index < -0.39 is 5.60 Å². The summed E-state index contributed by atoms with van der Waals surface area (Å²) in [5, 5.41) is 0.683. The Hall–Kier alpha value is -1.70. The molecule has 0 spiro atoms. The van der Waals surface area contributed by atoms with Crippen LogP contribution in [0.25, 0.3) is 0 Å². The number of aromatic nitrogens is 2. The van der Waals surface area contributed by atoms with E-state index in [0.29, 0.717) is 37.3 Å². The van der Waals surface area contributed by atoms with Gasteiger partial charge in [-0.2, -0.15) is 4.98 Å². The van der Waals surface area contributed by atoms with Gasteiger partial charge in [0.15, 0.2) is 5.16 Å². The molecule has 1 atom stereocenters. The maximum absolute atomic E-state index is 12.3. The first-order valence-electron chi connectivity index (χ1n) is 8.54. The lowest BCUT2D eigenvalue weighted by atomic mass is 10.2. The predicted octanol–water partition coefficient (Wildman–Crippen LogP) is 3.04. The van der Waals surface area contributed by atoms with Gasteiger partial charge in [-0.05, 0) is 40.9 Å². The summed E-state index contributed by atoms with van der Waals surface area (Å²) in [4.78, 5) is 25.2. The highest BCUT2D eigenvalue weighted by molar-refractivity contribution is 7.98. The Balaban J connectivity index is 2.10. The first kappa shape index (κ1) is 19.6. The van der Waals surface area contributed by atoms with Gasteiger partial charge in [0.05, 0.1) is 6.61 Å². The van der Waals surface area contributed by atoms with Gasteiger partial charge in [0, 0.05) is 31.7 Å². The third-order valence-corrected chi connectivity index (χ3v) is 4.27. The van der Waals surface area contributed by atoms with Crippen molar-refractivity contribution in [2.24, 2.45) is 0 Å². The number of ether oxygens (including phenoxy) is 2. The molecule has 25 heavy (non-hydrogen) atoms. The molecule has 2 rings (SSSR count). The van der Waals surface area contributed by atoms with Crippen LogP contribution in [0.3, 0.4) is 0 Å². The standard InChI is InChI=1S/C17H28N4O3S/c1-7-23-14-10-13(18-15(19-14)25-6)20-8-9-21(12(2)11-20)16(22)24-17(3,4)5/h10,12H,7-9,11H2,1-6H3. The van der Waals surface area contributed by atoms with Gasteiger partial charge in [-0.1, -0.05) is 11.8 Å². The number of rotatable bonds is 4. The monoisotopic (exact) mass is 368 g/mol. The summed E-state index contributed by atoms with van der Waals surface area (Å²) in [6, 6.07) is 1.89. The smallest absolute Gasteiger partial charge is 0.410 e. The number of thioether (sulfide) groups is 1. The summed E-state index contributed by atoms with van der Waals surface area (Å²) >= 11 is 1.49. The zero-order valence-electron chi connectivity index (χ0n) is 15.9. The highest BCUT2D eigenvalue weighted by Gasteiger charge is 2.31. The molecule has 1 aromatic rings. The number of anilines is 1. The minimum Gasteiger partial charge on any atom is -0.478 e. The van der Waals surface area contributed by atoms with E-state index in [4.69, 9.17) is 9.47 Å². The molecule has 2 heterocycles. The van der Waals surface area contributed by atoms with Gasteiger partial charge >= 0.3 is 6.09 Å². The summed E-state index contributed by atoms with van der Waals surface area (Å²) in [5.41, 5.74) is -0.486. The molecule has 1 saturated heterocycles. The molecule has 1 unspecified atom stereocenters. The Morgan fingerprint density at radius 1 is 1.36 bits per heavy atom. The summed E-state index contributed by atoms with van der Waals surface area (Å²) in [6.07, 6.45) is 1.68. The maximum atomic E-state index is 12.3. The van der Waals surface area contributed by atoms with Crippen molar-refractivity contribution in [1.82, 2.24) is 14.9 Å². The van der Waals surface area contributed by atoms with Crippen LogP contribution < -0.4 is 9.64 Å². The highest BCUT2D eigenvalue weighted by Crippen LogP contribution is 2.24. The zero-order chi connectivity index (χ0) is 18.6. The van der Waals surface area contributed by atoms with Crippen LogP contribution in [-0.4, -0.2) is 65.1 Å². The van der Waals surface area contributed by atoms with Crippen LogP contribution in [0.4, 0.5) is 10.6 Å². The third kappa shape index (κ3) is 5.39. The second-order valence-electron chi connectivity index (χ2n) is 6.95. The van der Waals surface area contributed by atoms with Gasteiger partial charge in [0.1, 0.15) is 11.4 Å². The van der Waals surface area contributed by atoms with Crippen LogP contribution >= 0.6 is 11.8 Å². The van der Waals surface area contributed by atoms with Crippen molar-refractivity contribution in [1.29, 1.82) is 0 Å². The Bertz CT molecular complexity index is 606. The molecular formula is C17H28N4O3S. The van der Waals surface area contributed by atoms with Gasteiger partial charge in [-0.15, -0.1) is 0 Å². The van der Waals surface area contributed by atoms with E-state index in [2.05, 4.69) is 14.9 Å². The van der Waals surface area contributed by atoms with Gasteiger partial charge < -0.3 is 19.3 Å². The lowest BCUT2D eigenvalue weighted by Gasteiger charge is -2.40. The van der Waals surface area contributed by atoms with E-state index in [0.717, 1.165) is 5.82 Å². The van der Waals surface area contributed by atoms with E-state index in [9.17, 15) is 4.79 Å². The van der Waals surface area contributed by atoms with Crippen LogP contribution in [-0.2, 0) is 4.74 Å². The molecule has 0 bridgehead atoms. The zero-order valence-corrected chi connectivity index (χ0v) is 16.7. The Labute approximate surface area is 154 Å². The fourth-order valence-electron chi connectivity index (χ4n) is 2.62. The number of amides is 1. The van der Waals surface area contributed by atoms with Crippen molar-refractivity contribution in [2.45, 2.75) is 51.4 Å². The average Bonchev–Trinajstić information content (AvgIpc) is 2.53. The van der Waals surface area contributed by atoms with Crippen LogP contribution in [0.5, 0.6) is 5.88 Å². The average molecular weight is 369 g/mol. The summed E-state index contributed by atoms with van der Waals surface area (Å²) < 4.78 is 11.0. The fourth-order valence-corrected chi connectivity index (χ4v) is 2.99. The Morgan fingerprint density at radius 2 is 2.08 bits per heavy atom. The van der Waals surface area contributed by atoms with E-state index in [-0.39, 0.29) is 12.1 Å². The SMILES string of the molecule is CCOc1cc(N2CCN(C(=O)OC(C)(C)C)C(C)C2)nc(SC)n1. The van der Waals surface area contributed by atoms with Crippen molar-refractivity contribution in [3.8, 4) is 5.88 Å². The van der Waals surface area contributed by atoms with Crippen LogP contribution in [0.2, 0.25) is 0 Å². The van der Waals surface area contributed by atoms with E-state index >= 15 is 0 Å². The van der Waals surface area contributed by atoms with Gasteiger partial charge in [-0.3, -0.25) is 0 Å². The first-order chi connectivity index (χ1) is 11.7. The van der Waals surface area contributed by atoms with E-state index in [1.165, 1.54) is 11.8 Å². The largest absolute Gasteiger partial charge is 0.478 e. The maximum Gasteiger partial charge on any atom is 0.410 e.